The molecule has 7 nitrogen and oxygen atoms in total. The Morgan fingerprint density at radius 2 is 1.84 bits per heavy atom. The number of ether oxygens (including phenoxy) is 2. The fraction of sp³-hybridized carbons (Fsp3) is 0.375. The highest BCUT2D eigenvalue weighted by Crippen LogP contribution is 2.31. The Morgan fingerprint density at radius 3 is 2.59 bits per heavy atom. The largest absolute Gasteiger partial charge is 0.486 e. The number of likely N-dealkylation sites (N-methyl/N-ethyl adjacent to an activating group) is 1. The zero-order chi connectivity index (χ0) is 22.3. The first-order valence-corrected chi connectivity index (χ1v) is 11.9. The fourth-order valence-electron chi connectivity index (χ4n) is 3.68. The lowest BCUT2D eigenvalue weighted by molar-refractivity contribution is -0.129. The number of amides is 1. The van der Waals surface area contributed by atoms with Crippen LogP contribution >= 0.6 is 11.8 Å². The van der Waals surface area contributed by atoms with Gasteiger partial charge in [0.15, 0.2) is 22.8 Å². The molecule has 3 aromatic rings. The van der Waals surface area contributed by atoms with Crippen LogP contribution in [0, 0.1) is 0 Å². The van der Waals surface area contributed by atoms with Gasteiger partial charge in [0.25, 0.3) is 0 Å². The maximum atomic E-state index is 12.9. The van der Waals surface area contributed by atoms with Crippen molar-refractivity contribution in [2.24, 2.45) is 0 Å². The van der Waals surface area contributed by atoms with Crippen LogP contribution in [0.15, 0.2) is 59.8 Å². The maximum Gasteiger partial charge on any atom is 0.233 e. The van der Waals surface area contributed by atoms with Crippen LogP contribution in [0.1, 0.15) is 25.2 Å². The van der Waals surface area contributed by atoms with Gasteiger partial charge in [-0.3, -0.25) is 4.79 Å². The van der Waals surface area contributed by atoms with Crippen LogP contribution < -0.4 is 9.47 Å². The van der Waals surface area contributed by atoms with E-state index >= 15 is 0 Å². The topological polar surface area (TPSA) is 69.5 Å². The maximum absolute atomic E-state index is 12.9. The van der Waals surface area contributed by atoms with E-state index in [0.717, 1.165) is 35.4 Å². The van der Waals surface area contributed by atoms with E-state index in [1.54, 1.807) is 0 Å². The van der Waals surface area contributed by atoms with Crippen molar-refractivity contribution in [3.8, 4) is 11.5 Å². The number of thioether (sulfide) groups is 1. The van der Waals surface area contributed by atoms with Crippen LogP contribution in [0.5, 0.6) is 11.5 Å². The quantitative estimate of drug-likeness (QED) is 0.462. The first-order valence-electron chi connectivity index (χ1n) is 10.9. The monoisotopic (exact) mass is 452 g/mol. The van der Waals surface area contributed by atoms with Gasteiger partial charge in [0.05, 0.1) is 12.3 Å². The van der Waals surface area contributed by atoms with E-state index in [1.807, 2.05) is 54.3 Å². The van der Waals surface area contributed by atoms with Crippen molar-refractivity contribution in [2.45, 2.75) is 38.1 Å². The normalized spacial score (nSPS) is 14.9. The molecule has 1 aromatic heterocycles. The van der Waals surface area contributed by atoms with Gasteiger partial charge in [0.1, 0.15) is 12.4 Å². The standard InChI is InChI=1S/C24H28N4O3S/c1-3-27(15-19-16-30-20-12-8-9-13-21(20)31-19)23(29)17-32-24-26-25-22(28(24)4-2)14-18-10-6-5-7-11-18/h5-13,19H,3-4,14-17H2,1-2H3. The molecule has 0 aliphatic carbocycles. The van der Waals surface area contributed by atoms with Gasteiger partial charge < -0.3 is 18.9 Å². The molecule has 0 saturated carbocycles. The molecule has 1 unspecified atom stereocenters. The van der Waals surface area contributed by atoms with Crippen LogP contribution in [0.25, 0.3) is 0 Å². The molecule has 0 radical (unpaired) electrons. The molecule has 8 heteroatoms. The van der Waals surface area contributed by atoms with Gasteiger partial charge in [-0.15, -0.1) is 10.2 Å². The Morgan fingerprint density at radius 1 is 1.09 bits per heavy atom. The van der Waals surface area contributed by atoms with Crippen LogP contribution in [0.2, 0.25) is 0 Å². The molecule has 1 aliphatic heterocycles. The summed E-state index contributed by atoms with van der Waals surface area (Å²) in [5.74, 6) is 2.74. The summed E-state index contributed by atoms with van der Waals surface area (Å²) < 4.78 is 13.9. The van der Waals surface area contributed by atoms with Gasteiger partial charge in [-0.2, -0.15) is 0 Å². The van der Waals surface area contributed by atoms with E-state index in [0.29, 0.717) is 25.4 Å². The predicted octanol–water partition coefficient (Wildman–Crippen LogP) is 3.67. The van der Waals surface area contributed by atoms with Crippen LogP contribution in [0.3, 0.4) is 0 Å². The second-order valence-electron chi connectivity index (χ2n) is 7.52. The first kappa shape index (κ1) is 22.2. The van der Waals surface area contributed by atoms with E-state index in [-0.39, 0.29) is 12.0 Å². The molecule has 0 N–H and O–H groups in total. The van der Waals surface area contributed by atoms with E-state index in [4.69, 9.17) is 9.47 Å². The number of carbonyl (C=O) groups excluding carboxylic acids is 1. The number of aromatic nitrogens is 3. The summed E-state index contributed by atoms with van der Waals surface area (Å²) in [6.45, 7) is 6.34. The summed E-state index contributed by atoms with van der Waals surface area (Å²) in [4.78, 5) is 14.7. The molecule has 2 heterocycles. The zero-order valence-corrected chi connectivity index (χ0v) is 19.3. The second kappa shape index (κ2) is 10.5. The number of para-hydroxylation sites is 2. The highest BCUT2D eigenvalue weighted by atomic mass is 32.2. The van der Waals surface area contributed by atoms with Crippen LogP contribution in [-0.2, 0) is 17.8 Å². The Bertz CT molecular complexity index is 1040. The van der Waals surface area contributed by atoms with Crippen molar-refractivity contribution in [3.63, 3.8) is 0 Å². The summed E-state index contributed by atoms with van der Waals surface area (Å²) in [6, 6.07) is 17.8. The van der Waals surface area contributed by atoms with Gasteiger partial charge >= 0.3 is 0 Å². The van der Waals surface area contributed by atoms with E-state index < -0.39 is 0 Å². The Hall–Kier alpha value is -3.00. The summed E-state index contributed by atoms with van der Waals surface area (Å²) in [5.41, 5.74) is 1.19. The lowest BCUT2D eigenvalue weighted by Crippen LogP contribution is -2.44. The summed E-state index contributed by atoms with van der Waals surface area (Å²) >= 11 is 1.43. The third-order valence-corrected chi connectivity index (χ3v) is 6.32. The predicted molar refractivity (Wildman–Crippen MR) is 124 cm³/mol. The molecule has 1 amide bonds. The molecule has 4 rings (SSSR count). The number of benzene rings is 2. The molecule has 0 saturated heterocycles. The first-order chi connectivity index (χ1) is 15.7. The number of hydrogen-bond donors (Lipinski definition) is 0. The van der Waals surface area contributed by atoms with Gasteiger partial charge in [-0.05, 0) is 31.5 Å². The van der Waals surface area contributed by atoms with Gasteiger partial charge in [-0.1, -0.05) is 54.2 Å². The van der Waals surface area contributed by atoms with E-state index in [2.05, 4.69) is 33.8 Å². The molecule has 1 aliphatic rings. The molecular weight excluding hydrogens is 424 g/mol. The minimum absolute atomic E-state index is 0.0511. The smallest absolute Gasteiger partial charge is 0.233 e. The lowest BCUT2D eigenvalue weighted by Gasteiger charge is -2.30. The summed E-state index contributed by atoms with van der Waals surface area (Å²) in [5, 5.41) is 9.48. The molecule has 168 valence electrons. The van der Waals surface area contributed by atoms with Crippen molar-refractivity contribution in [2.75, 3.05) is 25.4 Å². The Balaban J connectivity index is 1.34. The van der Waals surface area contributed by atoms with Crippen molar-refractivity contribution >= 4 is 17.7 Å². The van der Waals surface area contributed by atoms with Gasteiger partial charge in [0, 0.05) is 19.5 Å². The number of hydrogen-bond acceptors (Lipinski definition) is 6. The van der Waals surface area contributed by atoms with Crippen molar-refractivity contribution in [1.29, 1.82) is 0 Å². The number of rotatable bonds is 9. The minimum Gasteiger partial charge on any atom is -0.486 e. The summed E-state index contributed by atoms with van der Waals surface area (Å²) in [6.07, 6.45) is 0.535. The van der Waals surface area contributed by atoms with E-state index in [9.17, 15) is 4.79 Å². The molecule has 32 heavy (non-hydrogen) atoms. The highest BCUT2D eigenvalue weighted by Gasteiger charge is 2.25. The molecule has 0 fully saturated rings. The molecule has 1 atom stereocenters. The Kier molecular flexibility index (Phi) is 7.32. The number of fused-ring (bicyclic) bond motifs is 1. The highest BCUT2D eigenvalue weighted by molar-refractivity contribution is 7.99. The van der Waals surface area contributed by atoms with Gasteiger partial charge in [-0.25, -0.2) is 0 Å². The Labute approximate surface area is 192 Å². The van der Waals surface area contributed by atoms with E-state index in [1.165, 1.54) is 17.3 Å². The molecule has 0 bridgehead atoms. The zero-order valence-electron chi connectivity index (χ0n) is 18.4. The van der Waals surface area contributed by atoms with Crippen molar-refractivity contribution in [3.05, 3.63) is 66.0 Å². The van der Waals surface area contributed by atoms with Gasteiger partial charge in [0.2, 0.25) is 5.91 Å². The average Bonchev–Trinajstić information content (AvgIpc) is 3.22. The van der Waals surface area contributed by atoms with Crippen molar-refractivity contribution in [1.82, 2.24) is 19.7 Å². The summed E-state index contributed by atoms with van der Waals surface area (Å²) in [7, 11) is 0. The molecule has 0 spiro atoms. The average molecular weight is 453 g/mol. The van der Waals surface area contributed by atoms with Crippen LogP contribution in [-0.4, -0.2) is 57.1 Å². The number of carbonyl (C=O) groups is 1. The second-order valence-corrected chi connectivity index (χ2v) is 8.47. The molecular formula is C24H28N4O3S. The van der Waals surface area contributed by atoms with Crippen LogP contribution in [0.4, 0.5) is 0 Å². The minimum atomic E-state index is -0.185. The lowest BCUT2D eigenvalue weighted by atomic mass is 10.1. The molecule has 2 aromatic carbocycles. The third-order valence-electron chi connectivity index (χ3n) is 5.37. The SMILES string of the molecule is CCN(CC1COc2ccccc2O1)C(=O)CSc1nnc(Cc2ccccc2)n1CC. The fourth-order valence-corrected chi connectivity index (χ4v) is 4.60. The third kappa shape index (κ3) is 5.24. The van der Waals surface area contributed by atoms with Crippen molar-refractivity contribution < 1.29 is 14.3 Å². The number of nitrogens with zero attached hydrogens (tertiary/aromatic N) is 4.